The molecule has 0 unspecified atom stereocenters. The highest BCUT2D eigenvalue weighted by molar-refractivity contribution is 6.32. The zero-order valence-electron chi connectivity index (χ0n) is 20.5. The van der Waals surface area contributed by atoms with Crippen LogP contribution in [0.2, 0.25) is 10.0 Å². The number of fused-ring (bicyclic) bond motifs is 4. The molecule has 4 aliphatic rings. The van der Waals surface area contributed by atoms with Crippen LogP contribution in [-0.4, -0.2) is 40.7 Å². The van der Waals surface area contributed by atoms with E-state index in [2.05, 4.69) is 0 Å². The summed E-state index contributed by atoms with van der Waals surface area (Å²) in [6.45, 7) is 1.69. The van der Waals surface area contributed by atoms with Crippen molar-refractivity contribution in [2.75, 3.05) is 11.9 Å². The number of aromatic hydroxyl groups is 1. The van der Waals surface area contributed by atoms with Crippen molar-refractivity contribution in [1.29, 1.82) is 0 Å². The SMILES string of the molecule is CN1C(=O)[C@H]2[C@H](CC=C3[C@H]2C[C@H]2C(=O)N(c4ccc(F)c(Cl)c4)C(=O)[C@@]2(C)[C@H]3c2cc(Cl)ccc2O)C1=O. The van der Waals surface area contributed by atoms with Crippen LogP contribution in [0.1, 0.15) is 31.2 Å². The average molecular weight is 557 g/mol. The number of anilines is 1. The van der Waals surface area contributed by atoms with Crippen molar-refractivity contribution in [3.05, 3.63) is 69.5 Å². The van der Waals surface area contributed by atoms with E-state index in [0.29, 0.717) is 17.0 Å². The van der Waals surface area contributed by atoms with Gasteiger partial charge in [0.15, 0.2) is 0 Å². The molecule has 2 aromatic rings. The van der Waals surface area contributed by atoms with Gasteiger partial charge in [-0.1, -0.05) is 34.9 Å². The second-order valence-electron chi connectivity index (χ2n) is 10.7. The lowest BCUT2D eigenvalue weighted by Gasteiger charge is -2.49. The second kappa shape index (κ2) is 8.38. The Hall–Kier alpha value is -3.23. The molecule has 7 nitrogen and oxygen atoms in total. The molecular weight excluding hydrogens is 534 g/mol. The third kappa shape index (κ3) is 3.19. The zero-order chi connectivity index (χ0) is 27.3. The summed E-state index contributed by atoms with van der Waals surface area (Å²) < 4.78 is 13.9. The largest absolute Gasteiger partial charge is 0.508 e. The summed E-state index contributed by atoms with van der Waals surface area (Å²) >= 11 is 12.3. The van der Waals surface area contributed by atoms with Gasteiger partial charge in [-0.2, -0.15) is 0 Å². The third-order valence-electron chi connectivity index (χ3n) is 8.96. The highest BCUT2D eigenvalue weighted by Crippen LogP contribution is 2.64. The van der Waals surface area contributed by atoms with Crippen molar-refractivity contribution in [2.45, 2.75) is 25.7 Å². The van der Waals surface area contributed by atoms with Crippen molar-refractivity contribution in [3.63, 3.8) is 0 Å². The van der Waals surface area contributed by atoms with Gasteiger partial charge in [-0.05, 0) is 62.1 Å². The summed E-state index contributed by atoms with van der Waals surface area (Å²) in [7, 11) is 1.46. The van der Waals surface area contributed by atoms with Crippen LogP contribution in [0, 0.1) is 34.9 Å². The molecule has 4 amide bonds. The summed E-state index contributed by atoms with van der Waals surface area (Å²) in [5.74, 6) is -5.76. The number of likely N-dealkylation sites (tertiary alicyclic amines) is 1. The first-order chi connectivity index (χ1) is 18.0. The predicted octanol–water partition coefficient (Wildman–Crippen LogP) is 4.70. The summed E-state index contributed by atoms with van der Waals surface area (Å²) in [5, 5.41) is 11.1. The first-order valence-electron chi connectivity index (χ1n) is 12.3. The highest BCUT2D eigenvalue weighted by atomic mass is 35.5. The standard InChI is InChI=1S/C28H23Cl2FN2O5/c1-28-18(25(36)33(27(28)38)13-4-7-20(31)19(30)10-13)11-16-14(23(28)17-9-12(29)3-8-21(17)34)5-6-15-22(16)26(37)32(2)24(15)35/h3-5,7-10,15-16,18,22-23,34H,6,11H2,1-2H3/t15-,16+,18-,22-,23+,28+/m0/s1. The molecule has 0 aromatic heterocycles. The highest BCUT2D eigenvalue weighted by Gasteiger charge is 2.67. The molecule has 1 saturated carbocycles. The molecule has 2 aliphatic heterocycles. The van der Waals surface area contributed by atoms with E-state index < -0.39 is 52.6 Å². The van der Waals surface area contributed by atoms with Gasteiger partial charge in [0.05, 0.1) is 33.9 Å². The Balaban J connectivity index is 1.56. The molecule has 0 radical (unpaired) electrons. The minimum Gasteiger partial charge on any atom is -0.508 e. The fourth-order valence-electron chi connectivity index (χ4n) is 7.14. The number of imide groups is 2. The summed E-state index contributed by atoms with van der Waals surface area (Å²) in [5.41, 5.74) is -0.117. The number of hydrogen-bond acceptors (Lipinski definition) is 5. The second-order valence-corrected chi connectivity index (χ2v) is 11.5. The molecule has 2 aliphatic carbocycles. The van der Waals surface area contributed by atoms with E-state index in [9.17, 15) is 28.7 Å². The van der Waals surface area contributed by atoms with Crippen molar-refractivity contribution in [2.24, 2.45) is 29.1 Å². The maximum absolute atomic E-state index is 14.2. The van der Waals surface area contributed by atoms with E-state index >= 15 is 0 Å². The molecule has 1 N–H and O–H groups in total. The Morgan fingerprint density at radius 2 is 1.74 bits per heavy atom. The fourth-order valence-corrected chi connectivity index (χ4v) is 7.50. The van der Waals surface area contributed by atoms with Gasteiger partial charge in [0, 0.05) is 23.6 Å². The van der Waals surface area contributed by atoms with E-state index in [-0.39, 0.29) is 34.7 Å². The van der Waals surface area contributed by atoms with Crippen LogP contribution in [-0.2, 0) is 19.2 Å². The Labute approximate surface area is 227 Å². The quantitative estimate of drug-likeness (QED) is 0.427. The van der Waals surface area contributed by atoms with Crippen molar-refractivity contribution >= 4 is 52.5 Å². The van der Waals surface area contributed by atoms with Crippen LogP contribution in [0.15, 0.2) is 48.0 Å². The number of amides is 4. The number of carbonyl (C=O) groups excluding carboxylic acids is 4. The number of halogens is 3. The van der Waals surface area contributed by atoms with Gasteiger partial charge in [0.1, 0.15) is 11.6 Å². The molecule has 2 saturated heterocycles. The Morgan fingerprint density at radius 3 is 2.45 bits per heavy atom. The van der Waals surface area contributed by atoms with Gasteiger partial charge in [-0.3, -0.25) is 24.1 Å². The van der Waals surface area contributed by atoms with Gasteiger partial charge < -0.3 is 5.11 Å². The van der Waals surface area contributed by atoms with Crippen molar-refractivity contribution in [1.82, 2.24) is 4.90 Å². The van der Waals surface area contributed by atoms with Crippen LogP contribution in [0.5, 0.6) is 5.75 Å². The van der Waals surface area contributed by atoms with Crippen LogP contribution < -0.4 is 4.90 Å². The number of hydrogen-bond donors (Lipinski definition) is 1. The van der Waals surface area contributed by atoms with Gasteiger partial charge in [0.2, 0.25) is 23.6 Å². The molecule has 3 fully saturated rings. The Bertz CT molecular complexity index is 1490. The lowest BCUT2D eigenvalue weighted by atomic mass is 9.51. The van der Waals surface area contributed by atoms with E-state index in [1.807, 2.05) is 6.08 Å². The number of carbonyl (C=O) groups is 4. The van der Waals surface area contributed by atoms with E-state index in [4.69, 9.17) is 23.2 Å². The van der Waals surface area contributed by atoms with Crippen LogP contribution in [0.4, 0.5) is 10.1 Å². The number of phenols is 1. The first-order valence-corrected chi connectivity index (χ1v) is 13.1. The topological polar surface area (TPSA) is 95.0 Å². The van der Waals surface area contributed by atoms with Crippen LogP contribution in [0.3, 0.4) is 0 Å². The molecule has 10 heteroatoms. The Kier molecular flexibility index (Phi) is 5.53. The molecule has 0 bridgehead atoms. The minimum absolute atomic E-state index is 0.0995. The Morgan fingerprint density at radius 1 is 1.00 bits per heavy atom. The van der Waals surface area contributed by atoms with E-state index in [1.165, 1.54) is 31.3 Å². The predicted molar refractivity (Wildman–Crippen MR) is 137 cm³/mol. The van der Waals surface area contributed by atoms with Crippen LogP contribution in [0.25, 0.3) is 0 Å². The van der Waals surface area contributed by atoms with Crippen molar-refractivity contribution < 1.29 is 28.7 Å². The lowest BCUT2D eigenvalue weighted by molar-refractivity contribution is -0.138. The molecule has 2 aromatic carbocycles. The number of nitrogens with zero attached hydrogens (tertiary/aromatic N) is 2. The maximum atomic E-state index is 14.2. The molecular formula is C28H23Cl2FN2O5. The van der Waals surface area contributed by atoms with Gasteiger partial charge in [-0.15, -0.1) is 0 Å². The van der Waals surface area contributed by atoms with E-state index in [0.717, 1.165) is 21.4 Å². The lowest BCUT2D eigenvalue weighted by Crippen LogP contribution is -2.48. The zero-order valence-corrected chi connectivity index (χ0v) is 22.0. The van der Waals surface area contributed by atoms with E-state index in [1.54, 1.807) is 13.0 Å². The molecule has 0 spiro atoms. The monoisotopic (exact) mass is 556 g/mol. The first kappa shape index (κ1) is 25.1. The summed E-state index contributed by atoms with van der Waals surface area (Å²) in [6, 6.07) is 8.17. The van der Waals surface area contributed by atoms with Crippen LogP contribution >= 0.6 is 23.2 Å². The van der Waals surface area contributed by atoms with Gasteiger partial charge in [-0.25, -0.2) is 9.29 Å². The smallest absolute Gasteiger partial charge is 0.241 e. The molecule has 196 valence electrons. The molecule has 6 rings (SSSR count). The molecule has 6 atom stereocenters. The van der Waals surface area contributed by atoms with Gasteiger partial charge in [0.25, 0.3) is 0 Å². The van der Waals surface area contributed by atoms with Gasteiger partial charge >= 0.3 is 0 Å². The maximum Gasteiger partial charge on any atom is 0.241 e. The number of allylic oxidation sites excluding steroid dienone is 2. The summed E-state index contributed by atoms with van der Waals surface area (Å²) in [4.78, 5) is 56.4. The van der Waals surface area contributed by atoms with Crippen molar-refractivity contribution in [3.8, 4) is 5.75 Å². The number of phenolic OH excluding ortho intramolecular Hbond substituents is 1. The third-order valence-corrected chi connectivity index (χ3v) is 9.48. The summed E-state index contributed by atoms with van der Waals surface area (Å²) in [6.07, 6.45) is 2.37. The fraction of sp³-hybridized carbons (Fsp3) is 0.357. The average Bonchev–Trinajstić information content (AvgIpc) is 3.22. The number of benzene rings is 2. The number of rotatable bonds is 2. The normalized spacial score (nSPS) is 32.3. The molecule has 38 heavy (non-hydrogen) atoms. The minimum atomic E-state index is -1.35. The molecule has 2 heterocycles.